The molecule has 0 unspecified atom stereocenters. The van der Waals surface area contributed by atoms with E-state index >= 15 is 0 Å². The van der Waals surface area contributed by atoms with Crippen molar-refractivity contribution in [2.45, 2.75) is 20.8 Å². The summed E-state index contributed by atoms with van der Waals surface area (Å²) in [5.41, 5.74) is 2.85. The normalized spacial score (nSPS) is 9.90. The van der Waals surface area contributed by atoms with Crippen molar-refractivity contribution in [1.29, 1.82) is 0 Å². The lowest BCUT2D eigenvalue weighted by Crippen LogP contribution is -1.80. The van der Waals surface area contributed by atoms with Gasteiger partial charge in [0.15, 0.2) is 5.75 Å². The molecule has 0 aromatic heterocycles. The zero-order valence-electron chi connectivity index (χ0n) is 6.56. The van der Waals surface area contributed by atoms with Crippen LogP contribution in [0.25, 0.3) is 0 Å². The average molecular weight is 135 g/mol. The third-order valence-electron chi connectivity index (χ3n) is 1.60. The fraction of sp³-hybridized carbons (Fsp3) is 0.333. The van der Waals surface area contributed by atoms with Crippen molar-refractivity contribution in [1.82, 2.24) is 0 Å². The highest BCUT2D eigenvalue weighted by Gasteiger charge is 2.01. The fourth-order valence-electron chi connectivity index (χ4n) is 1.17. The smallest absolute Gasteiger partial charge is 0.184 e. The van der Waals surface area contributed by atoms with E-state index in [1.807, 2.05) is 32.9 Å². The average Bonchev–Trinajstić information content (AvgIpc) is 1.82. The summed E-state index contributed by atoms with van der Waals surface area (Å²) >= 11 is 0. The van der Waals surface area contributed by atoms with Gasteiger partial charge in [0, 0.05) is 0 Å². The second-order valence-corrected chi connectivity index (χ2v) is 2.73. The van der Waals surface area contributed by atoms with Gasteiger partial charge in [0.1, 0.15) is 0 Å². The predicted octanol–water partition coefficient (Wildman–Crippen LogP) is 2.76. The van der Waals surface area contributed by atoms with Crippen LogP contribution in [0.3, 0.4) is 0 Å². The second kappa shape index (κ2) is 2.33. The highest BCUT2D eigenvalue weighted by molar-refractivity contribution is 5.41. The molecule has 0 N–H and O–H groups in total. The van der Waals surface area contributed by atoms with Crippen LogP contribution >= 0.6 is 0 Å². The first kappa shape index (κ1) is 7.13. The van der Waals surface area contributed by atoms with Gasteiger partial charge < -0.3 is 0 Å². The quantitative estimate of drug-likeness (QED) is 0.521. The monoisotopic (exact) mass is 135 g/mol. The van der Waals surface area contributed by atoms with E-state index < -0.39 is 0 Å². The Hall–Kier alpha value is -0.980. The highest BCUT2D eigenvalue weighted by Crippen LogP contribution is 2.22. The van der Waals surface area contributed by atoms with Gasteiger partial charge >= 0.3 is 0 Å². The van der Waals surface area contributed by atoms with Crippen LogP contribution in [-0.2, 0) is 5.11 Å². The molecule has 53 valence electrons. The van der Waals surface area contributed by atoms with E-state index in [1.165, 1.54) is 0 Å². The van der Waals surface area contributed by atoms with Crippen LogP contribution in [0.1, 0.15) is 16.7 Å². The van der Waals surface area contributed by atoms with Gasteiger partial charge in [-0.05, 0) is 31.9 Å². The Morgan fingerprint density at radius 2 is 1.40 bits per heavy atom. The lowest BCUT2D eigenvalue weighted by atomic mass is 10.1. The van der Waals surface area contributed by atoms with Gasteiger partial charge in [0.2, 0.25) is 0 Å². The first-order valence-electron chi connectivity index (χ1n) is 3.36. The zero-order valence-corrected chi connectivity index (χ0v) is 6.56. The first-order chi connectivity index (χ1) is 4.61. The molecule has 1 aromatic rings. The van der Waals surface area contributed by atoms with Crippen molar-refractivity contribution in [3.63, 3.8) is 0 Å². The van der Waals surface area contributed by atoms with Crippen molar-refractivity contribution < 1.29 is 5.11 Å². The van der Waals surface area contributed by atoms with Gasteiger partial charge in [-0.25, -0.2) is 0 Å². The van der Waals surface area contributed by atoms with Crippen molar-refractivity contribution in [2.24, 2.45) is 0 Å². The summed E-state index contributed by atoms with van der Waals surface area (Å²) in [5, 5.41) is 11.1. The van der Waals surface area contributed by atoms with Crippen LogP contribution < -0.4 is 0 Å². The third-order valence-corrected chi connectivity index (χ3v) is 1.60. The van der Waals surface area contributed by atoms with E-state index in [-0.39, 0.29) is 5.75 Å². The molecule has 0 spiro atoms. The van der Waals surface area contributed by atoms with Gasteiger partial charge in [0.25, 0.3) is 0 Å². The summed E-state index contributed by atoms with van der Waals surface area (Å²) < 4.78 is 0. The van der Waals surface area contributed by atoms with E-state index in [9.17, 15) is 5.11 Å². The Morgan fingerprint density at radius 1 is 1.00 bits per heavy atom. The zero-order chi connectivity index (χ0) is 7.72. The van der Waals surface area contributed by atoms with E-state index in [0.717, 1.165) is 16.7 Å². The summed E-state index contributed by atoms with van der Waals surface area (Å²) in [4.78, 5) is 0. The number of aryl methyl sites for hydroxylation is 3. The first-order valence-corrected chi connectivity index (χ1v) is 3.36. The van der Waals surface area contributed by atoms with Crippen molar-refractivity contribution in [3.8, 4) is 5.75 Å². The molecule has 1 rings (SSSR count). The topological polar surface area (TPSA) is 19.9 Å². The molecule has 0 amide bonds. The van der Waals surface area contributed by atoms with E-state index in [0.29, 0.717) is 0 Å². The molecule has 1 nitrogen and oxygen atoms in total. The van der Waals surface area contributed by atoms with Crippen molar-refractivity contribution in [3.05, 3.63) is 28.8 Å². The fourth-order valence-corrected chi connectivity index (χ4v) is 1.17. The number of rotatable bonds is 0. The molecule has 0 saturated carbocycles. The lowest BCUT2D eigenvalue weighted by Gasteiger charge is -2.00. The number of hydrogen-bond donors (Lipinski definition) is 0. The predicted molar refractivity (Wildman–Crippen MR) is 40.8 cm³/mol. The van der Waals surface area contributed by atoms with Crippen molar-refractivity contribution >= 4 is 0 Å². The molecule has 0 fully saturated rings. The van der Waals surface area contributed by atoms with Crippen LogP contribution in [0, 0.1) is 20.8 Å². The largest absolute Gasteiger partial charge is 0.289 e. The SMILES string of the molecule is Cc1cc(C)c([O])c(C)c1. The molecule has 0 aliphatic rings. The van der Waals surface area contributed by atoms with Crippen LogP contribution in [-0.4, -0.2) is 0 Å². The minimum Gasteiger partial charge on any atom is -0.289 e. The Bertz CT molecular complexity index is 228. The van der Waals surface area contributed by atoms with Crippen molar-refractivity contribution in [2.75, 3.05) is 0 Å². The van der Waals surface area contributed by atoms with E-state index in [1.54, 1.807) is 0 Å². The summed E-state index contributed by atoms with van der Waals surface area (Å²) in [5.74, 6) is 0.172. The number of hydrogen-bond acceptors (Lipinski definition) is 0. The number of benzene rings is 1. The molecule has 0 heterocycles. The summed E-state index contributed by atoms with van der Waals surface area (Å²) in [6.45, 7) is 5.70. The maximum Gasteiger partial charge on any atom is 0.184 e. The maximum absolute atomic E-state index is 11.1. The minimum absolute atomic E-state index is 0.172. The molecule has 1 radical (unpaired) electrons. The van der Waals surface area contributed by atoms with Crippen LogP contribution in [0.2, 0.25) is 0 Å². The maximum atomic E-state index is 11.1. The van der Waals surface area contributed by atoms with E-state index in [2.05, 4.69) is 0 Å². The van der Waals surface area contributed by atoms with Crippen LogP contribution in [0.5, 0.6) is 5.75 Å². The molecule has 0 aliphatic carbocycles. The van der Waals surface area contributed by atoms with Crippen LogP contribution in [0.4, 0.5) is 0 Å². The molecule has 0 atom stereocenters. The molecule has 1 aromatic carbocycles. The van der Waals surface area contributed by atoms with Gasteiger partial charge in [-0.15, -0.1) is 0 Å². The Labute approximate surface area is 61.3 Å². The Kier molecular flexibility index (Phi) is 1.66. The molecular weight excluding hydrogens is 124 g/mol. The summed E-state index contributed by atoms with van der Waals surface area (Å²) in [6.07, 6.45) is 0. The molecule has 0 bridgehead atoms. The van der Waals surface area contributed by atoms with Gasteiger partial charge in [-0.2, -0.15) is 0 Å². The summed E-state index contributed by atoms with van der Waals surface area (Å²) in [7, 11) is 0. The third kappa shape index (κ3) is 1.13. The molecule has 0 aliphatic heterocycles. The molecular formula is C9H11O. The molecule has 1 heteroatoms. The second-order valence-electron chi connectivity index (χ2n) is 2.73. The van der Waals surface area contributed by atoms with Gasteiger partial charge in [-0.3, -0.25) is 5.11 Å². The minimum atomic E-state index is 0.172. The van der Waals surface area contributed by atoms with E-state index in [4.69, 9.17) is 0 Å². The lowest BCUT2D eigenvalue weighted by molar-refractivity contribution is 0.348. The summed E-state index contributed by atoms with van der Waals surface area (Å²) in [6, 6.07) is 3.82. The van der Waals surface area contributed by atoms with Gasteiger partial charge in [-0.1, -0.05) is 17.7 Å². The molecule has 10 heavy (non-hydrogen) atoms. The van der Waals surface area contributed by atoms with Gasteiger partial charge in [0.05, 0.1) is 0 Å². The van der Waals surface area contributed by atoms with Crippen LogP contribution in [0.15, 0.2) is 12.1 Å². The Balaban J connectivity index is 3.31. The Morgan fingerprint density at radius 3 is 1.80 bits per heavy atom. The highest BCUT2D eigenvalue weighted by atomic mass is 16.3. The molecule has 0 saturated heterocycles. The standard InChI is InChI=1S/C9H11O/c1-6-4-7(2)9(10)8(3)5-6/h4-5H,1-3H3.